The van der Waals surface area contributed by atoms with Crippen LogP contribution in [0, 0.1) is 17.5 Å². The van der Waals surface area contributed by atoms with Crippen molar-refractivity contribution in [2.45, 2.75) is 25.9 Å². The Morgan fingerprint density at radius 3 is 2.53 bits per heavy atom. The van der Waals surface area contributed by atoms with Gasteiger partial charge in [-0.2, -0.15) is 0 Å². The summed E-state index contributed by atoms with van der Waals surface area (Å²) in [6.07, 6.45) is 3.80. The Labute approximate surface area is 205 Å². The number of rotatable bonds is 6. The predicted molar refractivity (Wildman–Crippen MR) is 116 cm³/mol. The average Bonchev–Trinajstić information content (AvgIpc) is 3.23. The summed E-state index contributed by atoms with van der Waals surface area (Å²) in [4.78, 5) is 15.6. The SMILES string of the molecule is O=C(O)c1cc(C2=C(c3cccnc3OCc3ccc(F)cc3F)CCC2)ccc1F.[NaH]. The number of aromatic nitrogens is 1. The summed E-state index contributed by atoms with van der Waals surface area (Å²) in [6, 6.07) is 10.9. The van der Waals surface area contributed by atoms with E-state index >= 15 is 0 Å². The number of ether oxygens (including phenoxy) is 1. The maximum absolute atomic E-state index is 13.9. The fraction of sp³-hybridized carbons (Fsp3) is 0.167. The molecule has 160 valence electrons. The number of hydrogen-bond acceptors (Lipinski definition) is 3. The van der Waals surface area contributed by atoms with Crippen molar-refractivity contribution in [3.8, 4) is 5.88 Å². The van der Waals surface area contributed by atoms with Crippen molar-refractivity contribution in [1.29, 1.82) is 0 Å². The van der Waals surface area contributed by atoms with E-state index in [1.165, 1.54) is 12.1 Å². The van der Waals surface area contributed by atoms with Gasteiger partial charge in [-0.3, -0.25) is 0 Å². The Hall–Kier alpha value is -2.61. The first-order valence-corrected chi connectivity index (χ1v) is 9.71. The van der Waals surface area contributed by atoms with Gasteiger partial charge >= 0.3 is 35.5 Å². The van der Waals surface area contributed by atoms with E-state index in [2.05, 4.69) is 4.98 Å². The Morgan fingerprint density at radius 2 is 1.78 bits per heavy atom. The molecule has 8 heteroatoms. The molecule has 4 nitrogen and oxygen atoms in total. The minimum absolute atomic E-state index is 0. The molecule has 1 aliphatic carbocycles. The Bertz CT molecular complexity index is 1200. The van der Waals surface area contributed by atoms with Gasteiger partial charge in [0.2, 0.25) is 5.88 Å². The second-order valence-electron chi connectivity index (χ2n) is 7.19. The first-order chi connectivity index (χ1) is 14.9. The summed E-state index contributed by atoms with van der Waals surface area (Å²) in [6.45, 7) is -0.127. The summed E-state index contributed by atoms with van der Waals surface area (Å²) < 4.78 is 46.7. The summed E-state index contributed by atoms with van der Waals surface area (Å²) in [5.41, 5.74) is 2.97. The zero-order valence-electron chi connectivity index (χ0n) is 16.4. The number of allylic oxidation sites excluding steroid dienone is 2. The zero-order chi connectivity index (χ0) is 22.0. The number of carboxylic acid groups (broad SMARTS) is 1. The molecular formula is C24H19F3NNaO3. The van der Waals surface area contributed by atoms with Crippen LogP contribution in [-0.4, -0.2) is 45.6 Å². The molecule has 0 radical (unpaired) electrons. The molecular weight excluding hydrogens is 430 g/mol. The molecule has 0 amide bonds. The summed E-state index contributed by atoms with van der Waals surface area (Å²) in [5.74, 6) is -3.19. The number of carbonyl (C=O) groups is 1. The van der Waals surface area contributed by atoms with Gasteiger partial charge in [-0.25, -0.2) is 22.9 Å². The van der Waals surface area contributed by atoms with E-state index in [-0.39, 0.29) is 47.3 Å². The molecule has 1 aliphatic rings. The number of hydrogen-bond donors (Lipinski definition) is 1. The quantitative estimate of drug-likeness (QED) is 0.524. The fourth-order valence-corrected chi connectivity index (χ4v) is 3.76. The molecule has 0 saturated heterocycles. The van der Waals surface area contributed by atoms with E-state index in [9.17, 15) is 23.1 Å². The standard InChI is InChI=1S/C24H18F3NO3.Na.H/c25-16-8-6-15(22(27)12-16)13-31-23-19(5-2-10-28-23)18-4-1-3-17(18)14-7-9-21(26)20(11-14)24(29)30;;/h2,5-12H,1,3-4,13H2,(H,29,30);;. The zero-order valence-corrected chi connectivity index (χ0v) is 16.4. The minimum atomic E-state index is -1.33. The van der Waals surface area contributed by atoms with Gasteiger partial charge in [-0.1, -0.05) is 6.07 Å². The molecule has 0 unspecified atom stereocenters. The Balaban J connectivity index is 0.00000289. The number of aromatic carboxylic acids is 1. The van der Waals surface area contributed by atoms with Crippen molar-refractivity contribution in [2.24, 2.45) is 0 Å². The van der Waals surface area contributed by atoms with Crippen LogP contribution in [0.2, 0.25) is 0 Å². The van der Waals surface area contributed by atoms with E-state index in [4.69, 9.17) is 4.74 Å². The van der Waals surface area contributed by atoms with Crippen LogP contribution in [0.5, 0.6) is 5.88 Å². The third-order valence-electron chi connectivity index (χ3n) is 5.24. The van der Waals surface area contributed by atoms with Crippen LogP contribution in [0.15, 0.2) is 54.7 Å². The van der Waals surface area contributed by atoms with Crippen molar-refractivity contribution < 1.29 is 27.8 Å². The van der Waals surface area contributed by atoms with E-state index in [0.29, 0.717) is 29.8 Å². The van der Waals surface area contributed by atoms with E-state index in [1.807, 2.05) is 6.07 Å². The van der Waals surface area contributed by atoms with Crippen molar-refractivity contribution in [3.63, 3.8) is 0 Å². The van der Waals surface area contributed by atoms with Crippen LogP contribution in [0.4, 0.5) is 13.2 Å². The third kappa shape index (κ3) is 5.06. The van der Waals surface area contributed by atoms with E-state index < -0.39 is 23.4 Å². The second kappa shape index (κ2) is 10.3. The molecule has 2 aromatic carbocycles. The van der Waals surface area contributed by atoms with Gasteiger partial charge < -0.3 is 9.84 Å². The molecule has 0 atom stereocenters. The van der Waals surface area contributed by atoms with Crippen molar-refractivity contribution in [2.75, 3.05) is 0 Å². The van der Waals surface area contributed by atoms with Crippen LogP contribution in [0.1, 0.15) is 46.3 Å². The third-order valence-corrected chi connectivity index (χ3v) is 5.24. The van der Waals surface area contributed by atoms with Gasteiger partial charge in [-0.15, -0.1) is 0 Å². The van der Waals surface area contributed by atoms with Gasteiger partial charge in [0.05, 0.1) is 5.56 Å². The number of benzene rings is 2. The number of pyridine rings is 1. The number of halogens is 3. The molecule has 0 bridgehead atoms. The van der Waals surface area contributed by atoms with Crippen LogP contribution in [0.3, 0.4) is 0 Å². The van der Waals surface area contributed by atoms with Gasteiger partial charge in [0.25, 0.3) is 0 Å². The normalized spacial score (nSPS) is 13.1. The van der Waals surface area contributed by atoms with Crippen LogP contribution in [-0.2, 0) is 6.61 Å². The summed E-state index contributed by atoms with van der Waals surface area (Å²) in [5, 5.41) is 9.24. The predicted octanol–water partition coefficient (Wildman–Crippen LogP) is 5.22. The van der Waals surface area contributed by atoms with Crippen molar-refractivity contribution in [1.82, 2.24) is 4.98 Å². The average molecular weight is 449 g/mol. The first kappa shape index (κ1) is 24.0. The van der Waals surface area contributed by atoms with Crippen molar-refractivity contribution in [3.05, 3.63) is 94.4 Å². The Morgan fingerprint density at radius 1 is 1.00 bits per heavy atom. The van der Waals surface area contributed by atoms with Crippen LogP contribution < -0.4 is 4.74 Å². The van der Waals surface area contributed by atoms with Gasteiger partial charge in [-0.05, 0) is 72.4 Å². The Kier molecular flexibility index (Phi) is 7.77. The van der Waals surface area contributed by atoms with Gasteiger partial charge in [0.15, 0.2) is 0 Å². The van der Waals surface area contributed by atoms with Crippen molar-refractivity contribution >= 4 is 46.7 Å². The second-order valence-corrected chi connectivity index (χ2v) is 7.19. The molecule has 0 aliphatic heterocycles. The van der Waals surface area contributed by atoms with E-state index in [0.717, 1.165) is 35.8 Å². The number of carboxylic acids is 1. The molecule has 0 saturated carbocycles. The van der Waals surface area contributed by atoms with Crippen LogP contribution in [0.25, 0.3) is 11.1 Å². The molecule has 0 fully saturated rings. The molecule has 4 rings (SSSR count). The molecule has 1 heterocycles. The molecule has 32 heavy (non-hydrogen) atoms. The monoisotopic (exact) mass is 449 g/mol. The van der Waals surface area contributed by atoms with Gasteiger partial charge in [0.1, 0.15) is 24.1 Å². The summed E-state index contributed by atoms with van der Waals surface area (Å²) >= 11 is 0. The van der Waals surface area contributed by atoms with E-state index in [1.54, 1.807) is 18.3 Å². The van der Waals surface area contributed by atoms with Crippen LogP contribution >= 0.6 is 0 Å². The van der Waals surface area contributed by atoms with Gasteiger partial charge in [0, 0.05) is 23.4 Å². The fourth-order valence-electron chi connectivity index (χ4n) is 3.76. The molecule has 1 aromatic heterocycles. The summed E-state index contributed by atoms with van der Waals surface area (Å²) in [7, 11) is 0. The molecule has 0 spiro atoms. The maximum atomic E-state index is 13.9. The number of nitrogens with zero attached hydrogens (tertiary/aromatic N) is 1. The first-order valence-electron chi connectivity index (χ1n) is 9.71. The molecule has 3 aromatic rings. The topological polar surface area (TPSA) is 59.4 Å². The molecule has 1 N–H and O–H groups in total.